The number of anilines is 2. The van der Waals surface area contributed by atoms with Crippen molar-refractivity contribution in [3.63, 3.8) is 0 Å². The molecule has 0 radical (unpaired) electrons. The summed E-state index contributed by atoms with van der Waals surface area (Å²) in [5.41, 5.74) is 11.2. The Balaban J connectivity index is 2.09. The molecular weight excluding hydrogens is 246 g/mol. The number of aryl methyl sites for hydroxylation is 2. The molecule has 1 unspecified atom stereocenters. The number of fused-ring (bicyclic) bond motifs is 1. The molecule has 2 N–H and O–H groups in total. The van der Waals surface area contributed by atoms with Gasteiger partial charge < -0.3 is 10.6 Å². The molecule has 0 saturated carbocycles. The number of nitrogens with zero attached hydrogens (tertiary/aromatic N) is 2. The fraction of sp³-hybridized carbons (Fsp3) is 0.353. The van der Waals surface area contributed by atoms with E-state index in [2.05, 4.69) is 41.1 Å². The van der Waals surface area contributed by atoms with E-state index in [1.54, 1.807) is 0 Å². The molecule has 1 aliphatic heterocycles. The summed E-state index contributed by atoms with van der Waals surface area (Å²) in [5.74, 6) is 1.01. The van der Waals surface area contributed by atoms with Crippen LogP contribution in [0.2, 0.25) is 0 Å². The Morgan fingerprint density at radius 1 is 1.30 bits per heavy atom. The number of pyridine rings is 1. The van der Waals surface area contributed by atoms with Gasteiger partial charge in [-0.05, 0) is 44.4 Å². The number of benzene rings is 1. The number of rotatable bonds is 2. The van der Waals surface area contributed by atoms with E-state index in [0.717, 1.165) is 30.8 Å². The lowest BCUT2D eigenvalue weighted by Gasteiger charge is -2.32. The van der Waals surface area contributed by atoms with Crippen molar-refractivity contribution < 1.29 is 0 Å². The molecule has 3 rings (SSSR count). The van der Waals surface area contributed by atoms with Gasteiger partial charge in [-0.3, -0.25) is 0 Å². The molecule has 2 aromatic rings. The highest BCUT2D eigenvalue weighted by Gasteiger charge is 2.22. The number of hydrogen-bond donors (Lipinski definition) is 1. The van der Waals surface area contributed by atoms with E-state index in [1.807, 2.05) is 19.2 Å². The lowest BCUT2D eigenvalue weighted by molar-refractivity contribution is 0.741. The maximum atomic E-state index is 6.10. The van der Waals surface area contributed by atoms with Gasteiger partial charge in [-0.25, -0.2) is 4.98 Å². The summed E-state index contributed by atoms with van der Waals surface area (Å²) in [6.45, 7) is 5.17. The summed E-state index contributed by atoms with van der Waals surface area (Å²) < 4.78 is 0. The van der Waals surface area contributed by atoms with Crippen LogP contribution in [0.15, 0.2) is 36.5 Å². The van der Waals surface area contributed by atoms with Gasteiger partial charge in [0.2, 0.25) is 0 Å². The zero-order valence-corrected chi connectivity index (χ0v) is 12.1. The predicted octanol–water partition coefficient (Wildman–Crippen LogP) is 3.49. The Morgan fingerprint density at radius 3 is 2.95 bits per heavy atom. The average molecular weight is 267 g/mol. The van der Waals surface area contributed by atoms with Gasteiger partial charge >= 0.3 is 0 Å². The minimum atomic E-state index is -0.00507. The van der Waals surface area contributed by atoms with E-state index < -0.39 is 0 Å². The van der Waals surface area contributed by atoms with Gasteiger partial charge in [0.1, 0.15) is 5.82 Å². The van der Waals surface area contributed by atoms with Gasteiger partial charge in [-0.1, -0.05) is 23.8 Å². The minimum Gasteiger partial charge on any atom is -0.326 e. The SMILES string of the molecule is Cc1ccc2c(c1)CCCN2c1ncccc1C(C)N. The summed E-state index contributed by atoms with van der Waals surface area (Å²) in [7, 11) is 0. The Hall–Kier alpha value is -1.87. The van der Waals surface area contributed by atoms with Crippen molar-refractivity contribution >= 4 is 11.5 Å². The Kier molecular flexibility index (Phi) is 3.45. The van der Waals surface area contributed by atoms with Gasteiger partial charge in [0.05, 0.1) is 0 Å². The first kappa shape index (κ1) is 13.1. The van der Waals surface area contributed by atoms with E-state index in [1.165, 1.54) is 16.8 Å². The first-order valence-electron chi connectivity index (χ1n) is 7.24. The molecule has 104 valence electrons. The molecular formula is C17H21N3. The molecule has 1 aromatic heterocycles. The van der Waals surface area contributed by atoms with Crippen LogP contribution in [0.4, 0.5) is 11.5 Å². The van der Waals surface area contributed by atoms with E-state index in [0.29, 0.717) is 0 Å². The molecule has 0 saturated heterocycles. The van der Waals surface area contributed by atoms with Crippen molar-refractivity contribution in [2.45, 2.75) is 32.7 Å². The summed E-state index contributed by atoms with van der Waals surface area (Å²) in [5, 5.41) is 0. The van der Waals surface area contributed by atoms with E-state index in [4.69, 9.17) is 5.73 Å². The molecule has 0 spiro atoms. The lowest BCUT2D eigenvalue weighted by Crippen LogP contribution is -2.27. The van der Waals surface area contributed by atoms with Gasteiger partial charge in [-0.2, -0.15) is 0 Å². The van der Waals surface area contributed by atoms with Crippen LogP contribution in [0.1, 0.15) is 36.1 Å². The highest BCUT2D eigenvalue weighted by atomic mass is 15.2. The van der Waals surface area contributed by atoms with Crippen LogP contribution in [0, 0.1) is 6.92 Å². The summed E-state index contributed by atoms with van der Waals surface area (Å²) >= 11 is 0. The van der Waals surface area contributed by atoms with Crippen LogP contribution >= 0.6 is 0 Å². The molecule has 1 aromatic carbocycles. The van der Waals surface area contributed by atoms with E-state index >= 15 is 0 Å². The highest BCUT2D eigenvalue weighted by Crippen LogP contribution is 2.35. The Labute approximate surface area is 120 Å². The van der Waals surface area contributed by atoms with Crippen LogP contribution in [-0.4, -0.2) is 11.5 Å². The molecule has 0 fully saturated rings. The van der Waals surface area contributed by atoms with Gasteiger partial charge in [0, 0.05) is 30.0 Å². The second-order valence-electron chi connectivity index (χ2n) is 5.59. The smallest absolute Gasteiger partial charge is 0.137 e. The lowest BCUT2D eigenvalue weighted by atomic mass is 9.98. The fourth-order valence-electron chi connectivity index (χ4n) is 2.94. The normalized spacial score (nSPS) is 15.8. The van der Waals surface area contributed by atoms with Crippen molar-refractivity contribution in [2.75, 3.05) is 11.4 Å². The quantitative estimate of drug-likeness (QED) is 0.905. The molecule has 20 heavy (non-hydrogen) atoms. The van der Waals surface area contributed by atoms with Crippen molar-refractivity contribution in [3.8, 4) is 0 Å². The molecule has 3 heteroatoms. The van der Waals surface area contributed by atoms with Crippen molar-refractivity contribution in [2.24, 2.45) is 5.73 Å². The Bertz CT molecular complexity index is 619. The highest BCUT2D eigenvalue weighted by molar-refractivity contribution is 5.68. The summed E-state index contributed by atoms with van der Waals surface area (Å²) in [6.07, 6.45) is 4.16. The second-order valence-corrected chi connectivity index (χ2v) is 5.59. The van der Waals surface area contributed by atoms with Crippen LogP contribution in [-0.2, 0) is 6.42 Å². The molecule has 2 heterocycles. The van der Waals surface area contributed by atoms with Gasteiger partial charge in [-0.15, -0.1) is 0 Å². The Morgan fingerprint density at radius 2 is 2.15 bits per heavy atom. The molecule has 0 bridgehead atoms. The third-order valence-corrected chi connectivity index (χ3v) is 3.92. The average Bonchev–Trinajstić information content (AvgIpc) is 2.46. The van der Waals surface area contributed by atoms with Crippen LogP contribution < -0.4 is 10.6 Å². The number of aromatic nitrogens is 1. The van der Waals surface area contributed by atoms with Crippen LogP contribution in [0.25, 0.3) is 0 Å². The van der Waals surface area contributed by atoms with Crippen LogP contribution in [0.3, 0.4) is 0 Å². The minimum absolute atomic E-state index is 0.00507. The van der Waals surface area contributed by atoms with E-state index in [-0.39, 0.29) is 6.04 Å². The zero-order chi connectivity index (χ0) is 14.1. The van der Waals surface area contributed by atoms with Crippen LogP contribution in [0.5, 0.6) is 0 Å². The largest absolute Gasteiger partial charge is 0.326 e. The second kappa shape index (κ2) is 5.25. The summed E-state index contributed by atoms with van der Waals surface area (Å²) in [4.78, 5) is 6.91. The monoisotopic (exact) mass is 267 g/mol. The number of hydrogen-bond acceptors (Lipinski definition) is 3. The van der Waals surface area contributed by atoms with Crippen molar-refractivity contribution in [1.29, 1.82) is 0 Å². The maximum Gasteiger partial charge on any atom is 0.137 e. The van der Waals surface area contributed by atoms with E-state index in [9.17, 15) is 0 Å². The van der Waals surface area contributed by atoms with Gasteiger partial charge in [0.15, 0.2) is 0 Å². The fourth-order valence-corrected chi connectivity index (χ4v) is 2.94. The van der Waals surface area contributed by atoms with Gasteiger partial charge in [0.25, 0.3) is 0 Å². The number of nitrogens with two attached hydrogens (primary N) is 1. The third kappa shape index (κ3) is 2.29. The molecule has 3 nitrogen and oxygen atoms in total. The molecule has 1 atom stereocenters. The topological polar surface area (TPSA) is 42.2 Å². The standard InChI is InChI=1S/C17H21N3/c1-12-7-8-16-14(11-12)5-4-10-20(16)17-15(13(2)18)6-3-9-19-17/h3,6-9,11,13H,4-5,10,18H2,1-2H3. The maximum absolute atomic E-state index is 6.10. The van der Waals surface area contributed by atoms with Crippen molar-refractivity contribution in [3.05, 3.63) is 53.2 Å². The first-order chi connectivity index (χ1) is 9.66. The summed E-state index contributed by atoms with van der Waals surface area (Å²) in [6, 6.07) is 10.7. The molecule has 0 amide bonds. The predicted molar refractivity (Wildman–Crippen MR) is 83.3 cm³/mol. The van der Waals surface area contributed by atoms with Crippen molar-refractivity contribution in [1.82, 2.24) is 4.98 Å². The first-order valence-corrected chi connectivity index (χ1v) is 7.24. The molecule has 1 aliphatic rings. The third-order valence-electron chi connectivity index (χ3n) is 3.92. The molecule has 0 aliphatic carbocycles. The zero-order valence-electron chi connectivity index (χ0n) is 12.1.